The highest BCUT2D eigenvalue weighted by atomic mass is 32.2. The molecule has 0 saturated heterocycles. The molecule has 0 aliphatic heterocycles. The summed E-state index contributed by atoms with van der Waals surface area (Å²) in [6.07, 6.45) is 2.94. The second kappa shape index (κ2) is 8.30. The lowest BCUT2D eigenvalue weighted by molar-refractivity contribution is -0.0144. The van der Waals surface area contributed by atoms with Gasteiger partial charge in [0.2, 0.25) is 0 Å². The third kappa shape index (κ3) is 3.93. The minimum Gasteiger partial charge on any atom is -0.305 e. The van der Waals surface area contributed by atoms with Crippen LogP contribution in [0.4, 0.5) is 8.78 Å². The quantitative estimate of drug-likeness (QED) is 0.462. The van der Waals surface area contributed by atoms with Gasteiger partial charge in [-0.25, -0.2) is 8.42 Å². The van der Waals surface area contributed by atoms with E-state index < -0.39 is 34.3 Å². The number of hydrogen-bond acceptors (Lipinski definition) is 5. The Morgan fingerprint density at radius 1 is 1.15 bits per heavy atom. The zero-order valence-electron chi connectivity index (χ0n) is 14.7. The van der Waals surface area contributed by atoms with E-state index in [1.54, 1.807) is 12.1 Å². The molecule has 0 fully saturated rings. The molecule has 146 valence electrons. The van der Waals surface area contributed by atoms with Gasteiger partial charge < -0.3 is 9.05 Å². The molecule has 9 heteroatoms. The van der Waals surface area contributed by atoms with Crippen molar-refractivity contribution in [3.63, 3.8) is 0 Å². The van der Waals surface area contributed by atoms with Gasteiger partial charge in [0.25, 0.3) is 0 Å². The fourth-order valence-electron chi connectivity index (χ4n) is 3.02. The Morgan fingerprint density at radius 2 is 1.73 bits per heavy atom. The largest absolute Gasteiger partial charge is 0.399 e. The second-order valence-corrected chi connectivity index (χ2v) is 10.1. The van der Waals surface area contributed by atoms with E-state index in [4.69, 9.17) is 9.05 Å². The molecule has 0 N–H and O–H groups in total. The molecule has 0 radical (unpaired) electrons. The number of halogens is 2. The van der Waals surface area contributed by atoms with Crippen LogP contribution in [0.3, 0.4) is 0 Å². The summed E-state index contributed by atoms with van der Waals surface area (Å²) in [6.45, 7) is 2.40. The van der Waals surface area contributed by atoms with Crippen molar-refractivity contribution in [2.24, 2.45) is 5.92 Å². The van der Waals surface area contributed by atoms with Gasteiger partial charge in [-0.05, 0) is 38.8 Å². The molecule has 5 nitrogen and oxygen atoms in total. The number of rotatable bonds is 8. The van der Waals surface area contributed by atoms with E-state index in [0.717, 1.165) is 0 Å². The molecule has 0 heterocycles. The minimum atomic E-state index is -4.82. The third-order valence-corrected chi connectivity index (χ3v) is 8.60. The van der Waals surface area contributed by atoms with Gasteiger partial charge in [-0.15, -0.1) is 0 Å². The number of alkyl halides is 2. The highest BCUT2D eigenvalue weighted by molar-refractivity contribution is 7.92. The molecule has 2 atom stereocenters. The van der Waals surface area contributed by atoms with Crippen molar-refractivity contribution in [1.82, 2.24) is 0 Å². The Morgan fingerprint density at radius 3 is 2.27 bits per heavy atom. The van der Waals surface area contributed by atoms with Crippen LogP contribution in [0, 0.1) is 5.92 Å². The van der Waals surface area contributed by atoms with Crippen LogP contribution in [0.25, 0.3) is 0 Å². The van der Waals surface area contributed by atoms with E-state index in [9.17, 15) is 13.0 Å². The molecule has 0 aromatic heterocycles. The smallest absolute Gasteiger partial charge is 0.305 e. The maximum absolute atomic E-state index is 15.2. The molecular formula is C17H23F2O5PS. The highest BCUT2D eigenvalue weighted by Crippen LogP contribution is 2.66. The van der Waals surface area contributed by atoms with E-state index in [1.807, 2.05) is 0 Å². The van der Waals surface area contributed by atoms with Gasteiger partial charge >= 0.3 is 13.3 Å². The summed E-state index contributed by atoms with van der Waals surface area (Å²) in [4.78, 5) is -0.0556. The van der Waals surface area contributed by atoms with Gasteiger partial charge in [0.15, 0.2) is 9.84 Å². The third-order valence-electron chi connectivity index (χ3n) is 4.21. The van der Waals surface area contributed by atoms with Gasteiger partial charge in [-0.1, -0.05) is 30.4 Å². The molecule has 0 amide bonds. The summed E-state index contributed by atoms with van der Waals surface area (Å²) < 4.78 is 78.7. The SMILES string of the molecule is CCOP(=O)(OCC)C(F)(F)[C@H]1CCC=C[C@@H]1S(=O)(=O)c1ccccc1. The van der Waals surface area contributed by atoms with Crippen LogP contribution in [0.5, 0.6) is 0 Å². The van der Waals surface area contributed by atoms with Gasteiger partial charge in [-0.3, -0.25) is 4.57 Å². The molecule has 0 spiro atoms. The first-order valence-electron chi connectivity index (χ1n) is 8.43. The van der Waals surface area contributed by atoms with E-state index in [0.29, 0.717) is 0 Å². The van der Waals surface area contributed by atoms with Crippen molar-refractivity contribution in [3.05, 3.63) is 42.5 Å². The topological polar surface area (TPSA) is 69.7 Å². The average molecular weight is 408 g/mol. The first-order valence-corrected chi connectivity index (χ1v) is 11.5. The Kier molecular flexibility index (Phi) is 6.77. The fraction of sp³-hybridized carbons (Fsp3) is 0.529. The second-order valence-electron chi connectivity index (χ2n) is 5.86. The lowest BCUT2D eigenvalue weighted by Crippen LogP contribution is -2.42. The van der Waals surface area contributed by atoms with Gasteiger partial charge in [-0.2, -0.15) is 8.78 Å². The molecule has 2 rings (SSSR count). The standard InChI is InChI=1S/C17H23F2O5PS/c1-3-23-25(20,24-4-2)17(18,19)15-12-8-9-13-16(15)26(21,22)14-10-6-5-7-11-14/h5-7,9-11,13,15-16H,3-4,8,12H2,1-2H3/t15-,16-/m0/s1. The Hall–Kier alpha value is -1.08. The Balaban J connectivity index is 2.49. The first-order chi connectivity index (χ1) is 12.2. The summed E-state index contributed by atoms with van der Waals surface area (Å²) in [7, 11) is -8.90. The molecule has 0 saturated carbocycles. The zero-order valence-corrected chi connectivity index (χ0v) is 16.4. The summed E-state index contributed by atoms with van der Waals surface area (Å²) in [6, 6.07) is 7.41. The van der Waals surface area contributed by atoms with Crippen LogP contribution < -0.4 is 0 Å². The normalized spacial score (nSPS) is 21.7. The van der Waals surface area contributed by atoms with Gasteiger partial charge in [0.05, 0.1) is 29.3 Å². The average Bonchev–Trinajstić information content (AvgIpc) is 2.63. The van der Waals surface area contributed by atoms with Crippen LogP contribution in [-0.4, -0.2) is 32.5 Å². The number of hydrogen-bond donors (Lipinski definition) is 0. The Labute approximate surface area is 152 Å². The van der Waals surface area contributed by atoms with Crippen LogP contribution in [-0.2, 0) is 23.4 Å². The Bertz CT molecular complexity index is 770. The van der Waals surface area contributed by atoms with E-state index in [1.165, 1.54) is 44.2 Å². The van der Waals surface area contributed by atoms with Crippen molar-refractivity contribution >= 4 is 17.4 Å². The van der Waals surface area contributed by atoms with Crippen LogP contribution in [0.2, 0.25) is 0 Å². The summed E-state index contributed by atoms with van der Waals surface area (Å²) >= 11 is 0. The fourth-order valence-corrected chi connectivity index (χ4v) is 6.82. The molecule has 26 heavy (non-hydrogen) atoms. The predicted octanol–water partition coefficient (Wildman–Crippen LogP) is 4.65. The zero-order chi connectivity index (χ0) is 19.4. The van der Waals surface area contributed by atoms with Crippen molar-refractivity contribution in [3.8, 4) is 0 Å². The summed E-state index contributed by atoms with van der Waals surface area (Å²) in [5.74, 6) is -1.71. The van der Waals surface area contributed by atoms with Crippen molar-refractivity contribution in [2.45, 2.75) is 42.5 Å². The molecular weight excluding hydrogens is 385 g/mol. The maximum atomic E-state index is 15.2. The molecule has 0 bridgehead atoms. The number of sulfone groups is 1. The lowest BCUT2D eigenvalue weighted by Gasteiger charge is -2.36. The number of allylic oxidation sites excluding steroid dienone is 1. The molecule has 1 aromatic carbocycles. The van der Waals surface area contributed by atoms with Crippen molar-refractivity contribution in [1.29, 1.82) is 0 Å². The number of benzene rings is 1. The molecule has 1 aliphatic carbocycles. The molecule has 0 unspecified atom stereocenters. The first kappa shape index (κ1) is 21.2. The van der Waals surface area contributed by atoms with Crippen LogP contribution in [0.1, 0.15) is 26.7 Å². The summed E-state index contributed by atoms with van der Waals surface area (Å²) in [5.41, 5.74) is -3.93. The maximum Gasteiger partial charge on any atom is 0.399 e. The molecule has 1 aliphatic rings. The van der Waals surface area contributed by atoms with Crippen molar-refractivity contribution < 1.29 is 30.8 Å². The van der Waals surface area contributed by atoms with E-state index in [-0.39, 0.29) is 31.0 Å². The lowest BCUT2D eigenvalue weighted by atomic mass is 9.94. The van der Waals surface area contributed by atoms with Crippen LogP contribution >= 0.6 is 7.60 Å². The van der Waals surface area contributed by atoms with Crippen LogP contribution in [0.15, 0.2) is 47.4 Å². The predicted molar refractivity (Wildman–Crippen MR) is 95.1 cm³/mol. The van der Waals surface area contributed by atoms with Gasteiger partial charge in [0.1, 0.15) is 0 Å². The van der Waals surface area contributed by atoms with Gasteiger partial charge in [0, 0.05) is 0 Å². The minimum absolute atomic E-state index is 0.0556. The van der Waals surface area contributed by atoms with E-state index in [2.05, 4.69) is 0 Å². The molecule has 1 aromatic rings. The van der Waals surface area contributed by atoms with Crippen molar-refractivity contribution in [2.75, 3.05) is 13.2 Å². The van der Waals surface area contributed by atoms with E-state index >= 15 is 8.78 Å². The summed E-state index contributed by atoms with van der Waals surface area (Å²) in [5, 5.41) is -1.51. The monoisotopic (exact) mass is 408 g/mol. The highest BCUT2D eigenvalue weighted by Gasteiger charge is 2.62.